The van der Waals surface area contributed by atoms with Crippen LogP contribution in [0.3, 0.4) is 0 Å². The average molecular weight is 278 g/mol. The summed E-state index contributed by atoms with van der Waals surface area (Å²) in [5, 5.41) is 3.44. The van der Waals surface area contributed by atoms with Crippen LogP contribution in [0.4, 0.5) is 11.6 Å². The van der Waals surface area contributed by atoms with Gasteiger partial charge in [-0.25, -0.2) is 9.97 Å². The van der Waals surface area contributed by atoms with Gasteiger partial charge in [0.1, 0.15) is 17.5 Å². The quantitative estimate of drug-likeness (QED) is 0.883. The first-order valence-corrected chi connectivity index (χ1v) is 7.31. The number of nitrogens with one attached hydrogen (secondary N) is 1. The molecule has 3 N–H and O–H groups in total. The Labute approximate surface area is 123 Å². The third kappa shape index (κ3) is 4.09. The normalized spacial score (nSPS) is 14.2. The maximum Gasteiger partial charge on any atom is 0.138 e. The standard InChI is InChI=1S/C16H30N4/c1-10(15(3,4)5)9-18-13-11(2)12(17)19-14(20-13)16(6,7)8/h10H,9H2,1-8H3,(H3,17,18,19,20). The van der Waals surface area contributed by atoms with E-state index in [-0.39, 0.29) is 10.8 Å². The van der Waals surface area contributed by atoms with Gasteiger partial charge in [0.25, 0.3) is 0 Å². The molecule has 0 fully saturated rings. The molecule has 114 valence electrons. The molecule has 1 aromatic rings. The summed E-state index contributed by atoms with van der Waals surface area (Å²) in [6.45, 7) is 18.1. The van der Waals surface area contributed by atoms with E-state index in [1.54, 1.807) is 0 Å². The summed E-state index contributed by atoms with van der Waals surface area (Å²) < 4.78 is 0. The van der Waals surface area contributed by atoms with Crippen LogP contribution >= 0.6 is 0 Å². The number of rotatable bonds is 3. The minimum absolute atomic E-state index is 0.103. The maximum atomic E-state index is 6.02. The summed E-state index contributed by atoms with van der Waals surface area (Å²) in [6.07, 6.45) is 0. The molecule has 4 nitrogen and oxygen atoms in total. The van der Waals surface area contributed by atoms with E-state index in [0.29, 0.717) is 11.7 Å². The zero-order valence-corrected chi connectivity index (χ0v) is 14.3. The molecule has 1 atom stereocenters. The Morgan fingerprint density at radius 2 is 1.65 bits per heavy atom. The van der Waals surface area contributed by atoms with E-state index < -0.39 is 0 Å². The Hall–Kier alpha value is -1.32. The van der Waals surface area contributed by atoms with Gasteiger partial charge < -0.3 is 11.1 Å². The number of nitrogens with zero attached hydrogens (tertiary/aromatic N) is 2. The summed E-state index contributed by atoms with van der Waals surface area (Å²) in [7, 11) is 0. The summed E-state index contributed by atoms with van der Waals surface area (Å²) in [6, 6.07) is 0. The van der Waals surface area contributed by atoms with Gasteiger partial charge in [-0.15, -0.1) is 0 Å². The number of nitrogen functional groups attached to an aromatic ring is 1. The number of hydrogen-bond donors (Lipinski definition) is 2. The first kappa shape index (κ1) is 16.7. The Bertz CT molecular complexity index is 467. The van der Waals surface area contributed by atoms with Gasteiger partial charge in [-0.05, 0) is 18.3 Å². The van der Waals surface area contributed by atoms with Crippen LogP contribution < -0.4 is 11.1 Å². The second kappa shape index (κ2) is 5.58. The smallest absolute Gasteiger partial charge is 0.138 e. The van der Waals surface area contributed by atoms with Crippen LogP contribution in [0.15, 0.2) is 0 Å². The molecule has 0 aromatic carbocycles. The minimum atomic E-state index is -0.103. The molecule has 20 heavy (non-hydrogen) atoms. The molecule has 0 aliphatic rings. The largest absolute Gasteiger partial charge is 0.383 e. The molecule has 0 saturated carbocycles. The molecule has 4 heteroatoms. The number of aromatic nitrogens is 2. The van der Waals surface area contributed by atoms with Crippen LogP contribution in [0, 0.1) is 18.3 Å². The predicted octanol–water partition coefficient (Wildman–Crippen LogP) is 3.76. The van der Waals surface area contributed by atoms with E-state index in [2.05, 4.69) is 63.8 Å². The molecular weight excluding hydrogens is 248 g/mol. The van der Waals surface area contributed by atoms with Crippen LogP contribution in [0.2, 0.25) is 0 Å². The lowest BCUT2D eigenvalue weighted by molar-refractivity contribution is 0.274. The van der Waals surface area contributed by atoms with Crippen molar-refractivity contribution in [1.82, 2.24) is 9.97 Å². The summed E-state index contributed by atoms with van der Waals surface area (Å²) >= 11 is 0. The highest BCUT2D eigenvalue weighted by Crippen LogP contribution is 2.28. The third-order valence-corrected chi connectivity index (χ3v) is 3.91. The molecule has 0 aliphatic carbocycles. The molecule has 0 saturated heterocycles. The zero-order valence-electron chi connectivity index (χ0n) is 14.3. The summed E-state index contributed by atoms with van der Waals surface area (Å²) in [4.78, 5) is 9.06. The monoisotopic (exact) mass is 278 g/mol. The first-order chi connectivity index (χ1) is 8.93. The van der Waals surface area contributed by atoms with Gasteiger partial charge in [0.05, 0.1) is 0 Å². The fourth-order valence-electron chi connectivity index (χ4n) is 1.60. The van der Waals surface area contributed by atoms with Gasteiger partial charge in [0.15, 0.2) is 0 Å². The maximum absolute atomic E-state index is 6.02. The second-order valence-electron chi connectivity index (χ2n) is 7.80. The van der Waals surface area contributed by atoms with Crippen molar-refractivity contribution in [1.29, 1.82) is 0 Å². The SMILES string of the molecule is Cc1c(N)nc(C(C)(C)C)nc1NCC(C)C(C)(C)C. The van der Waals surface area contributed by atoms with Crippen LogP contribution in [-0.2, 0) is 5.41 Å². The van der Waals surface area contributed by atoms with Crippen molar-refractivity contribution in [2.45, 2.75) is 60.8 Å². The van der Waals surface area contributed by atoms with Crippen molar-refractivity contribution in [2.24, 2.45) is 11.3 Å². The van der Waals surface area contributed by atoms with E-state index in [1.165, 1.54) is 0 Å². The Kier molecular flexibility index (Phi) is 4.67. The number of nitrogens with two attached hydrogens (primary N) is 1. The fraction of sp³-hybridized carbons (Fsp3) is 0.750. The number of hydrogen-bond acceptors (Lipinski definition) is 4. The second-order valence-corrected chi connectivity index (χ2v) is 7.80. The molecule has 1 rings (SSSR count). The molecule has 0 bridgehead atoms. The topological polar surface area (TPSA) is 63.8 Å². The molecule has 0 radical (unpaired) electrons. The summed E-state index contributed by atoms with van der Waals surface area (Å²) in [5.41, 5.74) is 7.12. The van der Waals surface area contributed by atoms with Crippen LogP contribution in [0.1, 0.15) is 59.9 Å². The van der Waals surface area contributed by atoms with Crippen LogP contribution in [-0.4, -0.2) is 16.5 Å². The highest BCUT2D eigenvalue weighted by atomic mass is 15.1. The molecule has 1 unspecified atom stereocenters. The Morgan fingerprint density at radius 3 is 2.10 bits per heavy atom. The highest BCUT2D eigenvalue weighted by Gasteiger charge is 2.22. The summed E-state index contributed by atoms with van der Waals surface area (Å²) in [5.74, 6) is 2.75. The Morgan fingerprint density at radius 1 is 1.10 bits per heavy atom. The van der Waals surface area contributed by atoms with Crippen molar-refractivity contribution in [3.05, 3.63) is 11.4 Å². The lowest BCUT2D eigenvalue weighted by Crippen LogP contribution is -2.26. The molecule has 0 spiro atoms. The van der Waals surface area contributed by atoms with E-state index in [4.69, 9.17) is 5.73 Å². The van der Waals surface area contributed by atoms with Gasteiger partial charge in [-0.3, -0.25) is 0 Å². The van der Waals surface area contributed by atoms with E-state index in [1.807, 2.05) is 6.92 Å². The lowest BCUT2D eigenvalue weighted by Gasteiger charge is -2.28. The van der Waals surface area contributed by atoms with Gasteiger partial charge in [0, 0.05) is 17.5 Å². The van der Waals surface area contributed by atoms with Gasteiger partial charge in [-0.1, -0.05) is 48.5 Å². The molecule has 1 heterocycles. The molecule has 0 aliphatic heterocycles. The van der Waals surface area contributed by atoms with Gasteiger partial charge in [0.2, 0.25) is 0 Å². The fourth-order valence-corrected chi connectivity index (χ4v) is 1.60. The van der Waals surface area contributed by atoms with E-state index >= 15 is 0 Å². The minimum Gasteiger partial charge on any atom is -0.383 e. The van der Waals surface area contributed by atoms with Crippen LogP contribution in [0.5, 0.6) is 0 Å². The third-order valence-electron chi connectivity index (χ3n) is 3.91. The predicted molar refractivity (Wildman–Crippen MR) is 87.0 cm³/mol. The van der Waals surface area contributed by atoms with Crippen LogP contribution in [0.25, 0.3) is 0 Å². The lowest BCUT2D eigenvalue weighted by atomic mass is 9.82. The van der Waals surface area contributed by atoms with E-state index in [0.717, 1.165) is 23.8 Å². The van der Waals surface area contributed by atoms with Gasteiger partial charge >= 0.3 is 0 Å². The van der Waals surface area contributed by atoms with Crippen molar-refractivity contribution >= 4 is 11.6 Å². The zero-order chi connectivity index (χ0) is 15.7. The molecule has 0 amide bonds. The van der Waals surface area contributed by atoms with Crippen molar-refractivity contribution in [3.8, 4) is 0 Å². The van der Waals surface area contributed by atoms with Crippen molar-refractivity contribution in [3.63, 3.8) is 0 Å². The number of anilines is 2. The molecular formula is C16H30N4. The first-order valence-electron chi connectivity index (χ1n) is 7.31. The Balaban J connectivity index is 2.98. The average Bonchev–Trinajstić information content (AvgIpc) is 2.27. The van der Waals surface area contributed by atoms with Crippen molar-refractivity contribution < 1.29 is 0 Å². The van der Waals surface area contributed by atoms with Crippen molar-refractivity contribution in [2.75, 3.05) is 17.6 Å². The van der Waals surface area contributed by atoms with Gasteiger partial charge in [-0.2, -0.15) is 0 Å². The highest BCUT2D eigenvalue weighted by molar-refractivity contribution is 5.55. The molecule has 1 aromatic heterocycles. The van der Waals surface area contributed by atoms with E-state index in [9.17, 15) is 0 Å².